The number of amides is 1. The van der Waals surface area contributed by atoms with Gasteiger partial charge in [-0.1, -0.05) is 23.2 Å². The van der Waals surface area contributed by atoms with Crippen LogP contribution in [0, 0.1) is 0 Å². The Bertz CT molecular complexity index is 1170. The van der Waals surface area contributed by atoms with E-state index in [1.54, 1.807) is 34.4 Å². The summed E-state index contributed by atoms with van der Waals surface area (Å²) in [6, 6.07) is 4.87. The second-order valence-electron chi connectivity index (χ2n) is 7.74. The Kier molecular flexibility index (Phi) is 4.88. The largest absolute Gasteiger partial charge is 0.338 e. The Balaban J connectivity index is 1.42. The summed E-state index contributed by atoms with van der Waals surface area (Å²) in [4.78, 5) is 37.4. The molecule has 0 saturated carbocycles. The number of aromatic nitrogens is 2. The lowest BCUT2D eigenvalue weighted by Crippen LogP contribution is -2.29. The number of fused-ring (bicyclic) bond motifs is 3. The van der Waals surface area contributed by atoms with E-state index in [1.807, 2.05) is 0 Å². The molecule has 1 saturated heterocycles. The van der Waals surface area contributed by atoms with Crippen LogP contribution >= 0.6 is 34.5 Å². The third-order valence-electron chi connectivity index (χ3n) is 5.82. The highest BCUT2D eigenvalue weighted by molar-refractivity contribution is 7.18. The van der Waals surface area contributed by atoms with E-state index in [1.165, 1.54) is 16.9 Å². The first kappa shape index (κ1) is 19.1. The number of aryl methyl sites for hydroxylation is 2. The number of aromatic amines is 1. The van der Waals surface area contributed by atoms with E-state index >= 15 is 0 Å². The molecule has 3 heterocycles. The molecule has 0 spiro atoms. The summed E-state index contributed by atoms with van der Waals surface area (Å²) < 4.78 is 0. The van der Waals surface area contributed by atoms with Crippen LogP contribution in [0.15, 0.2) is 23.0 Å². The van der Waals surface area contributed by atoms with Crippen molar-refractivity contribution in [1.29, 1.82) is 0 Å². The highest BCUT2D eigenvalue weighted by Crippen LogP contribution is 2.35. The Morgan fingerprint density at radius 3 is 2.72 bits per heavy atom. The number of likely N-dealkylation sites (tertiary alicyclic amines) is 1. The second kappa shape index (κ2) is 7.42. The van der Waals surface area contributed by atoms with Gasteiger partial charge >= 0.3 is 0 Å². The van der Waals surface area contributed by atoms with E-state index in [0.29, 0.717) is 34.5 Å². The number of thiophene rings is 1. The molecule has 1 aliphatic heterocycles. The summed E-state index contributed by atoms with van der Waals surface area (Å²) in [6.45, 7) is 1.12. The van der Waals surface area contributed by atoms with E-state index in [-0.39, 0.29) is 17.4 Å². The summed E-state index contributed by atoms with van der Waals surface area (Å²) in [6.07, 6.45) is 5.08. The van der Waals surface area contributed by atoms with Gasteiger partial charge in [0.1, 0.15) is 10.7 Å². The van der Waals surface area contributed by atoms with Crippen LogP contribution in [-0.4, -0.2) is 33.9 Å². The SMILES string of the molecule is O=C(c1cc(Cl)cc(Cl)c1)N1CCC(c2nc3sc4c(c3c(=O)[nH]2)CCCC4)C1. The second-order valence-corrected chi connectivity index (χ2v) is 9.69. The zero-order chi connectivity index (χ0) is 20.1. The Morgan fingerprint density at radius 2 is 1.93 bits per heavy atom. The van der Waals surface area contributed by atoms with Gasteiger partial charge in [-0.3, -0.25) is 9.59 Å². The third-order valence-corrected chi connectivity index (χ3v) is 7.44. The Hall–Kier alpha value is -1.89. The number of nitrogens with zero attached hydrogens (tertiary/aromatic N) is 2. The van der Waals surface area contributed by atoms with Gasteiger partial charge < -0.3 is 9.88 Å². The molecule has 0 radical (unpaired) electrons. The summed E-state index contributed by atoms with van der Waals surface area (Å²) in [7, 11) is 0. The van der Waals surface area contributed by atoms with Crippen LogP contribution < -0.4 is 5.56 Å². The summed E-state index contributed by atoms with van der Waals surface area (Å²) >= 11 is 13.7. The number of nitrogens with one attached hydrogen (secondary N) is 1. The van der Waals surface area contributed by atoms with E-state index in [9.17, 15) is 9.59 Å². The molecule has 1 N–H and O–H groups in total. The minimum Gasteiger partial charge on any atom is -0.338 e. The number of H-pyrrole nitrogens is 1. The zero-order valence-electron chi connectivity index (χ0n) is 15.6. The molecular formula is C21H19Cl2N3O2S. The first-order chi connectivity index (χ1) is 14.0. The quantitative estimate of drug-likeness (QED) is 0.613. The molecule has 1 atom stereocenters. The normalized spacial score (nSPS) is 19.0. The van der Waals surface area contributed by atoms with Gasteiger partial charge in [0.05, 0.1) is 5.39 Å². The number of benzene rings is 1. The fourth-order valence-corrected chi connectivity index (χ4v) is 6.20. The van der Waals surface area contributed by atoms with Gasteiger partial charge in [-0.2, -0.15) is 0 Å². The van der Waals surface area contributed by atoms with Crippen LogP contribution in [0.2, 0.25) is 10.0 Å². The van der Waals surface area contributed by atoms with Crippen LogP contribution in [0.3, 0.4) is 0 Å². The van der Waals surface area contributed by atoms with Crippen molar-refractivity contribution in [1.82, 2.24) is 14.9 Å². The minimum absolute atomic E-state index is 0.0184. The van der Waals surface area contributed by atoms with Gasteiger partial charge in [0.15, 0.2) is 0 Å². The predicted molar refractivity (Wildman–Crippen MR) is 117 cm³/mol. The molecule has 1 aliphatic carbocycles. The lowest BCUT2D eigenvalue weighted by molar-refractivity contribution is 0.0790. The van der Waals surface area contributed by atoms with Crippen LogP contribution in [0.1, 0.15) is 51.8 Å². The molecule has 5 rings (SSSR count). The van der Waals surface area contributed by atoms with Crippen molar-refractivity contribution in [3.63, 3.8) is 0 Å². The number of halogens is 2. The van der Waals surface area contributed by atoms with Crippen molar-refractivity contribution in [2.24, 2.45) is 0 Å². The summed E-state index contributed by atoms with van der Waals surface area (Å²) in [5.41, 5.74) is 1.62. The van der Waals surface area contributed by atoms with Gasteiger partial charge in [-0.25, -0.2) is 4.98 Å². The highest BCUT2D eigenvalue weighted by atomic mass is 35.5. The third kappa shape index (κ3) is 3.47. The lowest BCUT2D eigenvalue weighted by Gasteiger charge is -2.17. The first-order valence-electron chi connectivity index (χ1n) is 9.79. The molecule has 1 fully saturated rings. The molecular weight excluding hydrogens is 429 g/mol. The molecule has 3 aromatic rings. The molecule has 150 valence electrons. The Morgan fingerprint density at radius 1 is 1.17 bits per heavy atom. The van der Waals surface area contributed by atoms with E-state index in [2.05, 4.69) is 4.98 Å². The van der Waals surface area contributed by atoms with E-state index < -0.39 is 0 Å². The van der Waals surface area contributed by atoms with Crippen LogP contribution in [-0.2, 0) is 12.8 Å². The maximum atomic E-state index is 12.9. The Labute approximate surface area is 181 Å². The van der Waals surface area contributed by atoms with Gasteiger partial charge in [0.2, 0.25) is 0 Å². The molecule has 1 aromatic carbocycles. The van der Waals surface area contributed by atoms with Crippen molar-refractivity contribution < 1.29 is 4.79 Å². The molecule has 1 amide bonds. The van der Waals surface area contributed by atoms with Gasteiger partial charge in [0.25, 0.3) is 11.5 Å². The van der Waals surface area contributed by atoms with Crippen molar-refractivity contribution >= 4 is 50.7 Å². The highest BCUT2D eigenvalue weighted by Gasteiger charge is 2.31. The van der Waals surface area contributed by atoms with Crippen LogP contribution in [0.4, 0.5) is 0 Å². The molecule has 0 bridgehead atoms. The van der Waals surface area contributed by atoms with Crippen LogP contribution in [0.25, 0.3) is 10.2 Å². The van der Waals surface area contributed by atoms with Crippen molar-refractivity contribution in [3.8, 4) is 0 Å². The fraction of sp³-hybridized carbons (Fsp3) is 0.381. The standard InChI is InChI=1S/C21H19Cl2N3O2S/c22-13-7-12(8-14(23)9-13)21(28)26-6-5-11(10-26)18-24-19(27)17-15-3-1-2-4-16(15)29-20(17)25-18/h7-9,11H,1-6,10H2,(H,24,25,27). The fourth-order valence-electron chi connectivity index (χ4n) is 4.40. The maximum absolute atomic E-state index is 12.9. The van der Waals surface area contributed by atoms with Gasteiger partial charge in [-0.05, 0) is 55.9 Å². The number of rotatable bonds is 2. The summed E-state index contributed by atoms with van der Waals surface area (Å²) in [5.74, 6) is 0.595. The average Bonchev–Trinajstić information content (AvgIpc) is 3.31. The molecule has 8 heteroatoms. The molecule has 5 nitrogen and oxygen atoms in total. The average molecular weight is 448 g/mol. The number of hydrogen-bond acceptors (Lipinski definition) is 4. The number of hydrogen-bond donors (Lipinski definition) is 1. The van der Waals surface area contributed by atoms with E-state index in [4.69, 9.17) is 28.2 Å². The predicted octanol–water partition coefficient (Wildman–Crippen LogP) is 4.80. The topological polar surface area (TPSA) is 66.1 Å². The minimum atomic E-state index is -0.105. The number of carbonyl (C=O) groups excluding carboxylic acids is 1. The summed E-state index contributed by atoms with van der Waals surface area (Å²) in [5, 5.41) is 1.65. The molecule has 1 unspecified atom stereocenters. The molecule has 29 heavy (non-hydrogen) atoms. The van der Waals surface area contributed by atoms with E-state index in [0.717, 1.165) is 35.9 Å². The van der Waals surface area contributed by atoms with Crippen molar-refractivity contribution in [2.75, 3.05) is 13.1 Å². The smallest absolute Gasteiger partial charge is 0.259 e. The zero-order valence-corrected chi connectivity index (χ0v) is 18.0. The monoisotopic (exact) mass is 447 g/mol. The van der Waals surface area contributed by atoms with Crippen LogP contribution in [0.5, 0.6) is 0 Å². The lowest BCUT2D eigenvalue weighted by atomic mass is 9.97. The molecule has 2 aromatic heterocycles. The first-order valence-corrected chi connectivity index (χ1v) is 11.4. The maximum Gasteiger partial charge on any atom is 0.259 e. The van der Waals surface area contributed by atoms with Crippen molar-refractivity contribution in [3.05, 3.63) is 60.4 Å². The number of carbonyl (C=O) groups is 1. The van der Waals surface area contributed by atoms with Crippen molar-refractivity contribution in [2.45, 2.75) is 38.0 Å². The van der Waals surface area contributed by atoms with Gasteiger partial charge in [0, 0.05) is 39.5 Å². The van der Waals surface area contributed by atoms with Gasteiger partial charge in [-0.15, -0.1) is 11.3 Å². The molecule has 2 aliphatic rings.